The van der Waals surface area contributed by atoms with Gasteiger partial charge in [0.2, 0.25) is 0 Å². The average Bonchev–Trinajstić information content (AvgIpc) is 2.80. The number of aromatic nitrogens is 2. The molecule has 0 saturated heterocycles. The number of carbonyl (C=O) groups excluding carboxylic acids is 1. The number of H-pyrrole nitrogens is 1. The molecular weight excluding hydrogens is 274 g/mol. The van der Waals surface area contributed by atoms with Crippen molar-refractivity contribution in [2.24, 2.45) is 0 Å². The SMILES string of the molecule is Cc1cc(Cl)ccc1C(=O)NCCCc1cn[nH]c1C. The molecule has 5 heteroatoms. The maximum atomic E-state index is 12.0. The van der Waals surface area contributed by atoms with Gasteiger partial charge in [0.05, 0.1) is 6.20 Å². The van der Waals surface area contributed by atoms with E-state index < -0.39 is 0 Å². The van der Waals surface area contributed by atoms with E-state index in [1.807, 2.05) is 20.0 Å². The van der Waals surface area contributed by atoms with Crippen molar-refractivity contribution in [2.75, 3.05) is 6.54 Å². The fraction of sp³-hybridized carbons (Fsp3) is 0.333. The molecule has 1 heterocycles. The lowest BCUT2D eigenvalue weighted by Gasteiger charge is -2.08. The van der Waals surface area contributed by atoms with Gasteiger partial charge in [-0.25, -0.2) is 0 Å². The van der Waals surface area contributed by atoms with Crippen LogP contribution in [0.25, 0.3) is 0 Å². The quantitative estimate of drug-likeness (QED) is 0.832. The summed E-state index contributed by atoms with van der Waals surface area (Å²) in [5.41, 5.74) is 3.85. The molecule has 20 heavy (non-hydrogen) atoms. The zero-order chi connectivity index (χ0) is 14.5. The van der Waals surface area contributed by atoms with Gasteiger partial charge in [0, 0.05) is 22.8 Å². The van der Waals surface area contributed by atoms with Gasteiger partial charge in [-0.05, 0) is 56.0 Å². The molecule has 0 aliphatic rings. The predicted molar refractivity (Wildman–Crippen MR) is 80.2 cm³/mol. The summed E-state index contributed by atoms with van der Waals surface area (Å²) in [6.45, 7) is 4.53. The Balaban J connectivity index is 1.82. The highest BCUT2D eigenvalue weighted by Crippen LogP contribution is 2.15. The van der Waals surface area contributed by atoms with E-state index in [1.54, 1.807) is 18.2 Å². The van der Waals surface area contributed by atoms with Gasteiger partial charge < -0.3 is 5.32 Å². The Hall–Kier alpha value is -1.81. The molecule has 2 rings (SSSR count). The van der Waals surface area contributed by atoms with Crippen LogP contribution in [0.3, 0.4) is 0 Å². The minimum absolute atomic E-state index is 0.0527. The van der Waals surface area contributed by atoms with E-state index in [-0.39, 0.29) is 5.91 Å². The maximum absolute atomic E-state index is 12.0. The number of hydrogen-bond acceptors (Lipinski definition) is 2. The topological polar surface area (TPSA) is 57.8 Å². The third-order valence-corrected chi connectivity index (χ3v) is 3.51. The summed E-state index contributed by atoms with van der Waals surface area (Å²) in [7, 11) is 0. The maximum Gasteiger partial charge on any atom is 0.251 e. The van der Waals surface area contributed by atoms with E-state index >= 15 is 0 Å². The highest BCUT2D eigenvalue weighted by atomic mass is 35.5. The van der Waals surface area contributed by atoms with Crippen LogP contribution in [0.5, 0.6) is 0 Å². The zero-order valence-corrected chi connectivity index (χ0v) is 12.4. The number of halogens is 1. The minimum Gasteiger partial charge on any atom is -0.352 e. The molecule has 0 atom stereocenters. The van der Waals surface area contributed by atoms with E-state index in [2.05, 4.69) is 15.5 Å². The van der Waals surface area contributed by atoms with Crippen LogP contribution in [0.15, 0.2) is 24.4 Å². The van der Waals surface area contributed by atoms with E-state index in [0.29, 0.717) is 17.1 Å². The van der Waals surface area contributed by atoms with Crippen LogP contribution < -0.4 is 5.32 Å². The van der Waals surface area contributed by atoms with Crippen LogP contribution in [-0.2, 0) is 6.42 Å². The summed E-state index contributed by atoms with van der Waals surface area (Å²) < 4.78 is 0. The number of carbonyl (C=O) groups is 1. The summed E-state index contributed by atoms with van der Waals surface area (Å²) in [6.07, 6.45) is 3.63. The number of benzene rings is 1. The van der Waals surface area contributed by atoms with Crippen LogP contribution in [0.4, 0.5) is 0 Å². The van der Waals surface area contributed by atoms with Gasteiger partial charge in [0.1, 0.15) is 0 Å². The second-order valence-electron chi connectivity index (χ2n) is 4.84. The Bertz CT molecular complexity index is 607. The number of aryl methyl sites for hydroxylation is 3. The number of rotatable bonds is 5. The van der Waals surface area contributed by atoms with Crippen LogP contribution in [0.1, 0.15) is 33.6 Å². The van der Waals surface area contributed by atoms with Crippen LogP contribution in [0, 0.1) is 13.8 Å². The number of nitrogens with zero attached hydrogens (tertiary/aromatic N) is 1. The lowest BCUT2D eigenvalue weighted by atomic mass is 10.1. The van der Waals surface area contributed by atoms with Crippen molar-refractivity contribution >= 4 is 17.5 Å². The Morgan fingerprint density at radius 3 is 2.85 bits per heavy atom. The number of nitrogens with one attached hydrogen (secondary N) is 2. The van der Waals surface area contributed by atoms with Crippen molar-refractivity contribution in [2.45, 2.75) is 26.7 Å². The molecule has 2 N–H and O–H groups in total. The summed E-state index contributed by atoms with van der Waals surface area (Å²) in [5, 5.41) is 10.5. The Morgan fingerprint density at radius 2 is 2.20 bits per heavy atom. The molecule has 0 unspecified atom stereocenters. The first-order chi connectivity index (χ1) is 9.58. The van der Waals surface area contributed by atoms with Crippen molar-refractivity contribution in [3.63, 3.8) is 0 Å². The first-order valence-corrected chi connectivity index (χ1v) is 6.99. The van der Waals surface area contributed by atoms with Gasteiger partial charge in [-0.1, -0.05) is 11.6 Å². The molecule has 0 spiro atoms. The van der Waals surface area contributed by atoms with Crippen molar-refractivity contribution in [3.8, 4) is 0 Å². The van der Waals surface area contributed by atoms with Gasteiger partial charge in [0.15, 0.2) is 0 Å². The molecule has 0 radical (unpaired) electrons. The highest BCUT2D eigenvalue weighted by Gasteiger charge is 2.08. The van der Waals surface area contributed by atoms with Crippen molar-refractivity contribution < 1.29 is 4.79 Å². The van der Waals surface area contributed by atoms with E-state index in [9.17, 15) is 4.79 Å². The van der Waals surface area contributed by atoms with E-state index in [4.69, 9.17) is 11.6 Å². The molecule has 106 valence electrons. The molecule has 1 amide bonds. The zero-order valence-electron chi connectivity index (χ0n) is 11.7. The summed E-state index contributed by atoms with van der Waals surface area (Å²) in [6, 6.07) is 5.29. The lowest BCUT2D eigenvalue weighted by molar-refractivity contribution is 0.0952. The summed E-state index contributed by atoms with van der Waals surface area (Å²) in [5.74, 6) is -0.0527. The third kappa shape index (κ3) is 3.61. The molecule has 1 aromatic heterocycles. The smallest absolute Gasteiger partial charge is 0.251 e. The van der Waals surface area contributed by atoms with Gasteiger partial charge in [-0.3, -0.25) is 9.89 Å². The van der Waals surface area contributed by atoms with Crippen LogP contribution in [0.2, 0.25) is 5.02 Å². The average molecular weight is 292 g/mol. The Kier molecular flexibility index (Phi) is 4.79. The van der Waals surface area contributed by atoms with E-state index in [1.165, 1.54) is 5.56 Å². The Morgan fingerprint density at radius 1 is 1.40 bits per heavy atom. The monoisotopic (exact) mass is 291 g/mol. The third-order valence-electron chi connectivity index (χ3n) is 3.28. The molecule has 1 aromatic carbocycles. The number of hydrogen-bond donors (Lipinski definition) is 2. The highest BCUT2D eigenvalue weighted by molar-refractivity contribution is 6.30. The standard InChI is InChI=1S/C15H18ClN3O/c1-10-8-13(16)5-6-14(10)15(20)17-7-3-4-12-9-18-19-11(12)2/h5-6,8-9H,3-4,7H2,1-2H3,(H,17,20)(H,18,19). The molecular formula is C15H18ClN3O. The second-order valence-corrected chi connectivity index (χ2v) is 5.28. The number of amides is 1. The van der Waals surface area contributed by atoms with Crippen molar-refractivity contribution in [3.05, 3.63) is 51.8 Å². The van der Waals surface area contributed by atoms with Crippen LogP contribution >= 0.6 is 11.6 Å². The largest absolute Gasteiger partial charge is 0.352 e. The second kappa shape index (κ2) is 6.57. The fourth-order valence-electron chi connectivity index (χ4n) is 2.09. The molecule has 0 bridgehead atoms. The van der Waals surface area contributed by atoms with Gasteiger partial charge in [0.25, 0.3) is 5.91 Å². The van der Waals surface area contributed by atoms with Gasteiger partial charge in [-0.15, -0.1) is 0 Å². The summed E-state index contributed by atoms with van der Waals surface area (Å²) in [4.78, 5) is 12.0. The molecule has 0 saturated carbocycles. The first kappa shape index (κ1) is 14.6. The van der Waals surface area contributed by atoms with Crippen molar-refractivity contribution in [1.29, 1.82) is 0 Å². The number of aromatic amines is 1. The Labute approximate surface area is 123 Å². The molecule has 0 aliphatic carbocycles. The molecule has 0 fully saturated rings. The fourth-order valence-corrected chi connectivity index (χ4v) is 2.31. The van der Waals surface area contributed by atoms with Crippen molar-refractivity contribution in [1.82, 2.24) is 15.5 Å². The minimum atomic E-state index is -0.0527. The molecule has 2 aromatic rings. The first-order valence-electron chi connectivity index (χ1n) is 6.61. The predicted octanol–water partition coefficient (Wildman–Crippen LogP) is 3.04. The lowest BCUT2D eigenvalue weighted by Crippen LogP contribution is -2.25. The van der Waals surface area contributed by atoms with E-state index in [0.717, 1.165) is 24.1 Å². The van der Waals surface area contributed by atoms with Gasteiger partial charge in [-0.2, -0.15) is 5.10 Å². The molecule has 4 nitrogen and oxygen atoms in total. The van der Waals surface area contributed by atoms with Gasteiger partial charge >= 0.3 is 0 Å². The summed E-state index contributed by atoms with van der Waals surface area (Å²) >= 11 is 5.88. The molecule has 0 aliphatic heterocycles. The normalized spacial score (nSPS) is 10.6. The van der Waals surface area contributed by atoms with Crippen LogP contribution in [-0.4, -0.2) is 22.6 Å².